The van der Waals surface area contributed by atoms with E-state index in [9.17, 15) is 4.79 Å². The lowest BCUT2D eigenvalue weighted by atomic mass is 10.2. The van der Waals surface area contributed by atoms with E-state index in [0.29, 0.717) is 13.0 Å². The Morgan fingerprint density at radius 2 is 2.14 bits per heavy atom. The largest absolute Gasteiger partial charge is 0.481 e. The number of aromatic nitrogens is 1. The van der Waals surface area contributed by atoms with Gasteiger partial charge in [-0.05, 0) is 5.56 Å². The standard InChI is InChI=1S/C10H10N2O2/c11-5-1-9-2-6-12(7-3-9)8-4-10(13)14/h2-3,6-7H,1,4,8H2/p+1. The maximum Gasteiger partial charge on any atom is 0.309 e. The van der Waals surface area contributed by atoms with E-state index in [1.165, 1.54) is 0 Å². The molecule has 0 atom stereocenters. The number of hydrogen-bond donors (Lipinski definition) is 1. The molecule has 0 aliphatic carbocycles. The van der Waals surface area contributed by atoms with Crippen molar-refractivity contribution in [2.24, 2.45) is 0 Å². The van der Waals surface area contributed by atoms with Gasteiger partial charge in [-0.3, -0.25) is 4.79 Å². The Morgan fingerprint density at radius 1 is 1.50 bits per heavy atom. The van der Waals surface area contributed by atoms with Crippen LogP contribution in [0.25, 0.3) is 0 Å². The summed E-state index contributed by atoms with van der Waals surface area (Å²) in [6, 6.07) is 5.70. The highest BCUT2D eigenvalue weighted by Gasteiger charge is 2.04. The van der Waals surface area contributed by atoms with Crippen molar-refractivity contribution < 1.29 is 14.5 Å². The van der Waals surface area contributed by atoms with E-state index in [1.807, 2.05) is 12.1 Å². The van der Waals surface area contributed by atoms with Crippen LogP contribution in [0.5, 0.6) is 0 Å². The van der Waals surface area contributed by atoms with Gasteiger partial charge in [-0.2, -0.15) is 5.26 Å². The molecular formula is C10H11N2O2+. The highest BCUT2D eigenvalue weighted by Crippen LogP contribution is 1.95. The molecule has 0 bridgehead atoms. The summed E-state index contributed by atoms with van der Waals surface area (Å²) in [5.41, 5.74) is 0.944. The van der Waals surface area contributed by atoms with Gasteiger partial charge >= 0.3 is 5.97 Å². The number of nitrogens with zero attached hydrogens (tertiary/aromatic N) is 2. The van der Waals surface area contributed by atoms with Crippen molar-refractivity contribution in [3.05, 3.63) is 30.1 Å². The molecule has 0 aliphatic rings. The van der Waals surface area contributed by atoms with E-state index < -0.39 is 5.97 Å². The minimum atomic E-state index is -0.807. The Kier molecular flexibility index (Phi) is 3.62. The lowest BCUT2D eigenvalue weighted by Gasteiger charge is -1.95. The number of hydrogen-bond acceptors (Lipinski definition) is 2. The third-order valence-electron chi connectivity index (χ3n) is 1.83. The first-order valence-electron chi connectivity index (χ1n) is 4.29. The Balaban J connectivity index is 2.56. The number of aryl methyl sites for hydroxylation is 1. The van der Waals surface area contributed by atoms with Crippen LogP contribution in [-0.2, 0) is 17.8 Å². The Morgan fingerprint density at radius 3 is 2.64 bits per heavy atom. The minimum Gasteiger partial charge on any atom is -0.481 e. The fourth-order valence-corrected chi connectivity index (χ4v) is 1.07. The van der Waals surface area contributed by atoms with Crippen molar-refractivity contribution in [3.63, 3.8) is 0 Å². The summed E-state index contributed by atoms with van der Waals surface area (Å²) in [6.07, 6.45) is 4.08. The van der Waals surface area contributed by atoms with Crippen molar-refractivity contribution >= 4 is 5.97 Å². The van der Waals surface area contributed by atoms with Crippen LogP contribution in [0.3, 0.4) is 0 Å². The predicted octanol–water partition coefficient (Wildman–Crippen LogP) is 0.515. The van der Waals surface area contributed by atoms with E-state index in [0.717, 1.165) is 5.56 Å². The average Bonchev–Trinajstić information content (AvgIpc) is 2.17. The van der Waals surface area contributed by atoms with Crippen molar-refractivity contribution in [1.82, 2.24) is 0 Å². The van der Waals surface area contributed by atoms with Gasteiger partial charge in [0, 0.05) is 12.1 Å². The summed E-state index contributed by atoms with van der Waals surface area (Å²) in [5.74, 6) is -0.807. The molecule has 0 unspecified atom stereocenters. The highest BCUT2D eigenvalue weighted by molar-refractivity contribution is 5.66. The van der Waals surface area contributed by atoms with Gasteiger partial charge in [0.1, 0.15) is 6.42 Å². The lowest BCUT2D eigenvalue weighted by molar-refractivity contribution is -0.696. The summed E-state index contributed by atoms with van der Waals surface area (Å²) in [5, 5.41) is 16.9. The van der Waals surface area contributed by atoms with Crippen LogP contribution in [0.1, 0.15) is 12.0 Å². The van der Waals surface area contributed by atoms with Crippen LogP contribution in [0.4, 0.5) is 0 Å². The molecule has 0 radical (unpaired) electrons. The summed E-state index contributed by atoms with van der Waals surface area (Å²) in [7, 11) is 0. The number of carboxylic acid groups (broad SMARTS) is 1. The molecule has 0 amide bonds. The topological polar surface area (TPSA) is 65.0 Å². The van der Waals surface area contributed by atoms with Gasteiger partial charge in [0.2, 0.25) is 0 Å². The maximum atomic E-state index is 10.3. The second-order valence-corrected chi connectivity index (χ2v) is 2.92. The monoisotopic (exact) mass is 191 g/mol. The quantitative estimate of drug-likeness (QED) is 0.705. The van der Waals surface area contributed by atoms with Crippen molar-refractivity contribution in [3.8, 4) is 6.07 Å². The average molecular weight is 191 g/mol. The number of nitriles is 1. The molecule has 0 fully saturated rings. The molecule has 0 saturated heterocycles. The Hall–Kier alpha value is -1.89. The smallest absolute Gasteiger partial charge is 0.309 e. The van der Waals surface area contributed by atoms with Gasteiger partial charge in [-0.15, -0.1) is 0 Å². The molecule has 72 valence electrons. The Labute approximate surface area is 82.0 Å². The van der Waals surface area contributed by atoms with Gasteiger partial charge in [0.05, 0.1) is 12.5 Å². The number of aliphatic carboxylic acids is 1. The van der Waals surface area contributed by atoms with E-state index in [4.69, 9.17) is 10.4 Å². The normalized spacial score (nSPS) is 9.36. The second-order valence-electron chi connectivity index (χ2n) is 2.92. The number of carbonyl (C=O) groups is 1. The van der Waals surface area contributed by atoms with Crippen LogP contribution in [-0.4, -0.2) is 11.1 Å². The van der Waals surface area contributed by atoms with Gasteiger partial charge < -0.3 is 5.11 Å². The zero-order chi connectivity index (χ0) is 10.4. The van der Waals surface area contributed by atoms with Crippen molar-refractivity contribution in [2.45, 2.75) is 19.4 Å². The third kappa shape index (κ3) is 3.23. The van der Waals surface area contributed by atoms with E-state index in [-0.39, 0.29) is 6.42 Å². The van der Waals surface area contributed by atoms with Gasteiger partial charge in [0.25, 0.3) is 0 Å². The fraction of sp³-hybridized carbons (Fsp3) is 0.300. The van der Waals surface area contributed by atoms with Gasteiger partial charge in [-0.1, -0.05) is 0 Å². The number of rotatable bonds is 4. The first-order valence-corrected chi connectivity index (χ1v) is 4.29. The van der Waals surface area contributed by atoms with Gasteiger partial charge in [0.15, 0.2) is 18.9 Å². The van der Waals surface area contributed by atoms with E-state index in [2.05, 4.69) is 6.07 Å². The summed E-state index contributed by atoms with van der Waals surface area (Å²) in [4.78, 5) is 10.3. The SMILES string of the molecule is N#CCc1cc[n+](CCC(=O)O)cc1. The lowest BCUT2D eigenvalue weighted by Crippen LogP contribution is -2.33. The molecule has 0 aromatic carbocycles. The molecule has 4 heteroatoms. The predicted molar refractivity (Wildman–Crippen MR) is 48.2 cm³/mol. The molecule has 0 aliphatic heterocycles. The molecule has 1 aromatic rings. The van der Waals surface area contributed by atoms with Crippen LogP contribution in [0.2, 0.25) is 0 Å². The molecule has 4 nitrogen and oxygen atoms in total. The zero-order valence-corrected chi connectivity index (χ0v) is 7.68. The van der Waals surface area contributed by atoms with Crippen LogP contribution >= 0.6 is 0 Å². The van der Waals surface area contributed by atoms with Crippen LogP contribution in [0.15, 0.2) is 24.5 Å². The number of carboxylic acids is 1. The summed E-state index contributed by atoms with van der Waals surface area (Å²) in [6.45, 7) is 0.460. The van der Waals surface area contributed by atoms with E-state index in [1.54, 1.807) is 17.0 Å². The molecule has 1 rings (SSSR count). The molecule has 1 N–H and O–H groups in total. The minimum absolute atomic E-state index is 0.113. The molecule has 1 aromatic heterocycles. The maximum absolute atomic E-state index is 10.3. The molecular weight excluding hydrogens is 180 g/mol. The first-order chi connectivity index (χ1) is 6.72. The third-order valence-corrected chi connectivity index (χ3v) is 1.83. The summed E-state index contributed by atoms with van der Waals surface area (Å²) < 4.78 is 1.79. The first kappa shape index (κ1) is 10.2. The fourth-order valence-electron chi connectivity index (χ4n) is 1.07. The second kappa shape index (κ2) is 4.97. The van der Waals surface area contributed by atoms with Crippen LogP contribution in [0, 0.1) is 11.3 Å². The molecule has 0 saturated carbocycles. The highest BCUT2D eigenvalue weighted by atomic mass is 16.4. The van der Waals surface area contributed by atoms with Gasteiger partial charge in [-0.25, -0.2) is 4.57 Å². The van der Waals surface area contributed by atoms with Crippen molar-refractivity contribution in [2.75, 3.05) is 0 Å². The summed E-state index contributed by atoms with van der Waals surface area (Å²) >= 11 is 0. The van der Waals surface area contributed by atoms with Crippen LogP contribution < -0.4 is 4.57 Å². The van der Waals surface area contributed by atoms with E-state index >= 15 is 0 Å². The molecule has 1 heterocycles. The van der Waals surface area contributed by atoms with Crippen molar-refractivity contribution in [1.29, 1.82) is 5.26 Å². The molecule has 14 heavy (non-hydrogen) atoms. The number of pyridine rings is 1. The zero-order valence-electron chi connectivity index (χ0n) is 7.68. The molecule has 0 spiro atoms. The Bertz CT molecular complexity index is 351.